The molecule has 3 rings (SSSR count). The second-order valence-electron chi connectivity index (χ2n) is 7.70. The molecule has 0 saturated carbocycles. The van der Waals surface area contributed by atoms with Crippen LogP contribution in [-0.2, 0) is 0 Å². The Hall–Kier alpha value is -3.12. The molecule has 3 aromatic carbocycles. The summed E-state index contributed by atoms with van der Waals surface area (Å²) in [5, 5.41) is 5.74. The number of rotatable bonds is 7. The molecule has 2 amide bonds. The van der Waals surface area contributed by atoms with Crippen molar-refractivity contribution in [2.24, 2.45) is 5.92 Å². The Kier molecular flexibility index (Phi) is 7.47. The first kappa shape index (κ1) is 22.6. The third-order valence-corrected chi connectivity index (χ3v) is 4.91. The van der Waals surface area contributed by atoms with Crippen molar-refractivity contribution in [3.05, 3.63) is 87.9 Å². The molecule has 0 bridgehead atoms. The summed E-state index contributed by atoms with van der Waals surface area (Å²) in [5.41, 5.74) is 3.18. The number of nitrogens with one attached hydrogen (secondary N) is 2. The molecule has 31 heavy (non-hydrogen) atoms. The van der Waals surface area contributed by atoms with E-state index in [0.717, 1.165) is 15.7 Å². The summed E-state index contributed by atoms with van der Waals surface area (Å²) >= 11 is 3.41. The van der Waals surface area contributed by atoms with E-state index in [0.29, 0.717) is 35.1 Å². The zero-order valence-electron chi connectivity index (χ0n) is 17.7. The second-order valence-corrected chi connectivity index (χ2v) is 8.62. The Balaban J connectivity index is 1.75. The highest BCUT2D eigenvalue weighted by molar-refractivity contribution is 9.10. The molecule has 0 atom stereocenters. The van der Waals surface area contributed by atoms with Gasteiger partial charge in [0.1, 0.15) is 5.75 Å². The molecule has 0 heterocycles. The van der Waals surface area contributed by atoms with Crippen LogP contribution in [0.1, 0.15) is 40.1 Å². The van der Waals surface area contributed by atoms with Gasteiger partial charge in [0, 0.05) is 21.4 Å². The molecule has 160 valence electrons. The number of anilines is 2. The molecule has 0 aliphatic rings. The van der Waals surface area contributed by atoms with Crippen LogP contribution in [0.25, 0.3) is 0 Å². The van der Waals surface area contributed by atoms with E-state index >= 15 is 0 Å². The van der Waals surface area contributed by atoms with Crippen molar-refractivity contribution in [2.45, 2.75) is 20.8 Å². The number of benzene rings is 3. The van der Waals surface area contributed by atoms with E-state index in [2.05, 4.69) is 26.6 Å². The Morgan fingerprint density at radius 1 is 0.903 bits per heavy atom. The lowest BCUT2D eigenvalue weighted by Gasteiger charge is -2.14. The fourth-order valence-corrected chi connectivity index (χ4v) is 3.29. The zero-order valence-corrected chi connectivity index (χ0v) is 19.3. The van der Waals surface area contributed by atoms with E-state index in [-0.39, 0.29) is 11.8 Å². The SMILES string of the molecule is Cc1cccc(NC(=O)c2cccc(NC(=O)c3cc(Br)ccc3OCC(C)C)c2)c1. The van der Waals surface area contributed by atoms with Gasteiger partial charge in [0.2, 0.25) is 0 Å². The molecule has 0 saturated heterocycles. The highest BCUT2D eigenvalue weighted by atomic mass is 79.9. The van der Waals surface area contributed by atoms with Gasteiger partial charge in [-0.2, -0.15) is 0 Å². The molecule has 5 nitrogen and oxygen atoms in total. The number of carbonyl (C=O) groups is 2. The van der Waals surface area contributed by atoms with Crippen LogP contribution in [0.3, 0.4) is 0 Å². The molecule has 0 unspecified atom stereocenters. The summed E-state index contributed by atoms with van der Waals surface area (Å²) in [7, 11) is 0. The van der Waals surface area contributed by atoms with Gasteiger partial charge < -0.3 is 15.4 Å². The van der Waals surface area contributed by atoms with Crippen molar-refractivity contribution in [1.82, 2.24) is 0 Å². The number of hydrogen-bond acceptors (Lipinski definition) is 3. The lowest BCUT2D eigenvalue weighted by Crippen LogP contribution is -2.16. The number of hydrogen-bond donors (Lipinski definition) is 2. The highest BCUT2D eigenvalue weighted by Crippen LogP contribution is 2.25. The van der Waals surface area contributed by atoms with Crippen molar-refractivity contribution in [3.8, 4) is 5.75 Å². The third-order valence-electron chi connectivity index (χ3n) is 4.42. The van der Waals surface area contributed by atoms with Crippen molar-refractivity contribution < 1.29 is 14.3 Å². The third kappa shape index (κ3) is 6.43. The predicted octanol–water partition coefficient (Wildman–Crippen LogP) is 6.30. The van der Waals surface area contributed by atoms with Crippen LogP contribution in [0, 0.1) is 12.8 Å². The first-order valence-electron chi connectivity index (χ1n) is 10.0. The summed E-state index contributed by atoms with van der Waals surface area (Å²) in [4.78, 5) is 25.6. The Bertz CT molecular complexity index is 1100. The van der Waals surface area contributed by atoms with E-state index in [1.54, 1.807) is 36.4 Å². The van der Waals surface area contributed by atoms with E-state index in [1.807, 2.05) is 51.1 Å². The maximum atomic E-state index is 12.9. The molecule has 0 aliphatic heterocycles. The van der Waals surface area contributed by atoms with Crippen LogP contribution in [-0.4, -0.2) is 18.4 Å². The van der Waals surface area contributed by atoms with Crippen LogP contribution in [0.2, 0.25) is 0 Å². The highest BCUT2D eigenvalue weighted by Gasteiger charge is 2.15. The predicted molar refractivity (Wildman–Crippen MR) is 128 cm³/mol. The average molecular weight is 481 g/mol. The fraction of sp³-hybridized carbons (Fsp3) is 0.200. The van der Waals surface area contributed by atoms with Gasteiger partial charge >= 0.3 is 0 Å². The standard InChI is InChI=1S/C25H25BrN2O3/c1-16(2)15-31-23-11-10-19(26)14-22(23)25(30)28-21-9-5-7-18(13-21)24(29)27-20-8-4-6-17(3)12-20/h4-14,16H,15H2,1-3H3,(H,27,29)(H,28,30). The lowest BCUT2D eigenvalue weighted by atomic mass is 10.1. The van der Waals surface area contributed by atoms with E-state index in [9.17, 15) is 9.59 Å². The van der Waals surface area contributed by atoms with Gasteiger partial charge in [0.15, 0.2) is 0 Å². The van der Waals surface area contributed by atoms with Gasteiger partial charge in [0.25, 0.3) is 11.8 Å². The Morgan fingerprint density at radius 2 is 1.58 bits per heavy atom. The molecule has 0 aromatic heterocycles. The van der Waals surface area contributed by atoms with Gasteiger partial charge in [-0.05, 0) is 66.9 Å². The molecular formula is C25H25BrN2O3. The summed E-state index contributed by atoms with van der Waals surface area (Å²) in [6, 6.07) is 19.7. The van der Waals surface area contributed by atoms with Gasteiger partial charge in [-0.25, -0.2) is 0 Å². The number of ether oxygens (including phenoxy) is 1. The summed E-state index contributed by atoms with van der Waals surface area (Å²) in [5.74, 6) is 0.298. The normalized spacial score (nSPS) is 10.6. The molecular weight excluding hydrogens is 456 g/mol. The molecule has 6 heteroatoms. The van der Waals surface area contributed by atoms with Gasteiger partial charge in [-0.15, -0.1) is 0 Å². The fourth-order valence-electron chi connectivity index (χ4n) is 2.92. The number of carbonyl (C=O) groups excluding carboxylic acids is 2. The summed E-state index contributed by atoms with van der Waals surface area (Å²) < 4.78 is 6.58. The molecule has 0 radical (unpaired) electrons. The molecule has 0 spiro atoms. The minimum atomic E-state index is -0.309. The lowest BCUT2D eigenvalue weighted by molar-refractivity contribution is 0.101. The van der Waals surface area contributed by atoms with Crippen LogP contribution < -0.4 is 15.4 Å². The van der Waals surface area contributed by atoms with Gasteiger partial charge in [-0.1, -0.05) is 48.0 Å². The maximum Gasteiger partial charge on any atom is 0.259 e. The van der Waals surface area contributed by atoms with Crippen LogP contribution in [0.4, 0.5) is 11.4 Å². The number of halogens is 1. The van der Waals surface area contributed by atoms with Gasteiger partial charge in [0.05, 0.1) is 12.2 Å². The topological polar surface area (TPSA) is 67.4 Å². The maximum absolute atomic E-state index is 12.9. The number of amides is 2. The van der Waals surface area contributed by atoms with Crippen molar-refractivity contribution in [3.63, 3.8) is 0 Å². The average Bonchev–Trinajstić information content (AvgIpc) is 2.73. The molecule has 3 aromatic rings. The second kappa shape index (κ2) is 10.3. The molecule has 2 N–H and O–H groups in total. The molecule has 0 fully saturated rings. The minimum absolute atomic E-state index is 0.245. The summed E-state index contributed by atoms with van der Waals surface area (Å²) in [6.07, 6.45) is 0. The van der Waals surface area contributed by atoms with E-state index in [4.69, 9.17) is 4.74 Å². The Morgan fingerprint density at radius 3 is 2.29 bits per heavy atom. The van der Waals surface area contributed by atoms with Crippen LogP contribution in [0.15, 0.2) is 71.2 Å². The minimum Gasteiger partial charge on any atom is -0.492 e. The van der Waals surface area contributed by atoms with E-state index < -0.39 is 0 Å². The monoisotopic (exact) mass is 480 g/mol. The number of aryl methyl sites for hydroxylation is 1. The summed E-state index contributed by atoms with van der Waals surface area (Å²) in [6.45, 7) is 6.57. The first-order valence-corrected chi connectivity index (χ1v) is 10.8. The largest absolute Gasteiger partial charge is 0.492 e. The Labute approximate surface area is 191 Å². The van der Waals surface area contributed by atoms with Crippen molar-refractivity contribution >= 4 is 39.1 Å². The van der Waals surface area contributed by atoms with Crippen LogP contribution >= 0.6 is 15.9 Å². The molecule has 0 aliphatic carbocycles. The zero-order chi connectivity index (χ0) is 22.4. The first-order chi connectivity index (χ1) is 14.8. The van der Waals surface area contributed by atoms with E-state index in [1.165, 1.54) is 0 Å². The van der Waals surface area contributed by atoms with Crippen molar-refractivity contribution in [1.29, 1.82) is 0 Å². The van der Waals surface area contributed by atoms with Crippen molar-refractivity contribution in [2.75, 3.05) is 17.2 Å². The van der Waals surface area contributed by atoms with Crippen LogP contribution in [0.5, 0.6) is 5.75 Å². The smallest absolute Gasteiger partial charge is 0.259 e. The van der Waals surface area contributed by atoms with Gasteiger partial charge in [-0.3, -0.25) is 9.59 Å². The quantitative estimate of drug-likeness (QED) is 0.417.